The zero-order chi connectivity index (χ0) is 23.7. The van der Waals surface area contributed by atoms with Crippen LogP contribution in [0.3, 0.4) is 0 Å². The summed E-state index contributed by atoms with van der Waals surface area (Å²) in [6.45, 7) is 3.08. The van der Waals surface area contributed by atoms with Gasteiger partial charge < -0.3 is 19.3 Å². The molecule has 0 saturated heterocycles. The number of halogens is 2. The van der Waals surface area contributed by atoms with Gasteiger partial charge in [-0.3, -0.25) is 4.98 Å². The van der Waals surface area contributed by atoms with Crippen LogP contribution in [0.4, 0.5) is 8.78 Å². The zero-order valence-electron chi connectivity index (χ0n) is 18.9. The van der Waals surface area contributed by atoms with Crippen LogP contribution < -0.4 is 9.47 Å². The summed E-state index contributed by atoms with van der Waals surface area (Å²) in [5, 5.41) is 0. The average molecular weight is 460 g/mol. The molecule has 0 atom stereocenters. The number of nitrogens with one attached hydrogen (secondary N) is 1. The van der Waals surface area contributed by atoms with Gasteiger partial charge in [0.2, 0.25) is 6.79 Å². The molecule has 6 nitrogen and oxygen atoms in total. The van der Waals surface area contributed by atoms with Gasteiger partial charge in [0.1, 0.15) is 23.2 Å². The Morgan fingerprint density at radius 3 is 2.56 bits per heavy atom. The number of aromatic amines is 1. The second-order valence-electron chi connectivity index (χ2n) is 8.33. The first-order valence-corrected chi connectivity index (χ1v) is 11.0. The van der Waals surface area contributed by atoms with Crippen molar-refractivity contribution in [1.82, 2.24) is 19.8 Å². The molecule has 5 rings (SSSR count). The smallest absolute Gasteiger partial charge is 0.231 e. The van der Waals surface area contributed by atoms with Gasteiger partial charge in [-0.1, -0.05) is 12.1 Å². The van der Waals surface area contributed by atoms with E-state index in [1.165, 1.54) is 18.2 Å². The van der Waals surface area contributed by atoms with Gasteiger partial charge in [-0.05, 0) is 62.4 Å². The third-order valence-corrected chi connectivity index (χ3v) is 5.77. The molecule has 9 heteroatoms. The topological polar surface area (TPSA) is 63.3 Å². The van der Waals surface area contributed by atoms with E-state index in [0.717, 1.165) is 34.2 Å². The first-order chi connectivity index (χ1) is 16.5. The number of fused-ring (bicyclic) bond motifs is 1. The maximum atomic E-state index is 14.0. The van der Waals surface area contributed by atoms with Crippen molar-refractivity contribution in [3.63, 3.8) is 0 Å². The summed E-state index contributed by atoms with van der Waals surface area (Å²) in [5.74, 6) is 1.07. The molecule has 1 N–H and O–H groups in total. The molecule has 4 aromatic rings. The van der Waals surface area contributed by atoms with Gasteiger partial charge >= 0.3 is 0 Å². The van der Waals surface area contributed by atoms with Gasteiger partial charge in [0.15, 0.2) is 19.5 Å². The number of rotatable bonds is 7. The number of hydrogen-bond acceptors (Lipinski definition) is 5. The molecule has 1 aliphatic rings. The number of H-pyrrole nitrogens is 1. The zero-order valence-corrected chi connectivity index (χ0v) is 18.9. The van der Waals surface area contributed by atoms with Crippen LogP contribution in [-0.4, -0.2) is 41.1 Å². The predicted octanol–water partition coefficient (Wildman–Crippen LogP) is 4.05. The van der Waals surface area contributed by atoms with Crippen LogP contribution in [-0.2, 0) is 13.0 Å². The fourth-order valence-corrected chi connectivity index (χ4v) is 4.03. The minimum atomic E-state index is -0.524. The molecule has 3 heterocycles. The summed E-state index contributed by atoms with van der Waals surface area (Å²) in [6.07, 6.45) is 0.261. The maximum Gasteiger partial charge on any atom is 0.231 e. The minimum absolute atomic E-state index is 0.0968. The van der Waals surface area contributed by atoms with E-state index in [1.54, 1.807) is 0 Å². The third kappa shape index (κ3) is 4.52. The summed E-state index contributed by atoms with van der Waals surface area (Å²) in [6, 6.07) is 15.5. The van der Waals surface area contributed by atoms with Gasteiger partial charge in [0.05, 0.1) is 11.4 Å². The number of imidazole rings is 1. The van der Waals surface area contributed by atoms with Crippen LogP contribution in [0.2, 0.25) is 0 Å². The molecule has 0 spiro atoms. The van der Waals surface area contributed by atoms with Crippen molar-refractivity contribution in [2.24, 2.45) is 0 Å². The van der Waals surface area contributed by atoms with Crippen LogP contribution in [0.1, 0.15) is 17.1 Å². The lowest BCUT2D eigenvalue weighted by molar-refractivity contribution is 0.174. The van der Waals surface area contributed by atoms with E-state index < -0.39 is 11.6 Å². The van der Waals surface area contributed by atoms with Gasteiger partial charge in [-0.25, -0.2) is 13.8 Å². The van der Waals surface area contributed by atoms with Crippen LogP contribution in [0.25, 0.3) is 22.6 Å². The molecule has 172 valence electrons. The Hall–Kier alpha value is -3.72. The highest BCUT2D eigenvalue weighted by Gasteiger charge is 2.20. The molecular formula is C25H23BF2N4O2. The highest BCUT2D eigenvalue weighted by Crippen LogP contribution is 2.38. The fourth-order valence-electron chi connectivity index (χ4n) is 4.03. The van der Waals surface area contributed by atoms with Crippen molar-refractivity contribution in [2.45, 2.75) is 19.9 Å². The van der Waals surface area contributed by atoms with E-state index in [-0.39, 0.29) is 18.8 Å². The molecular weight excluding hydrogens is 437 g/mol. The standard InChI is InChI=1S/C25H23BF2N4O2/c1-15-4-2-7-20(29-15)25-24(16-8-9-21-22(12-16)34-14-33-21)30-23(31-25)13-32(26)11-10-17-18(27)5-3-6-19(17)28/h2-9,12H,10-11,13-14,26H2,1H3,(H,30,31). The van der Waals surface area contributed by atoms with E-state index in [0.29, 0.717) is 24.6 Å². The van der Waals surface area contributed by atoms with Crippen molar-refractivity contribution in [2.75, 3.05) is 13.3 Å². The molecule has 0 unspecified atom stereocenters. The number of aromatic nitrogens is 3. The predicted molar refractivity (Wildman–Crippen MR) is 127 cm³/mol. The van der Waals surface area contributed by atoms with Crippen LogP contribution >= 0.6 is 0 Å². The number of hydrogen-bond donors (Lipinski definition) is 1. The number of ether oxygens (including phenoxy) is 2. The second kappa shape index (κ2) is 9.27. The Kier molecular flexibility index (Phi) is 6.02. The number of benzene rings is 2. The first-order valence-electron chi connectivity index (χ1n) is 11.0. The molecule has 1 aliphatic heterocycles. The van der Waals surface area contributed by atoms with Gasteiger partial charge in [-0.15, -0.1) is 0 Å². The molecule has 2 aromatic carbocycles. The summed E-state index contributed by atoms with van der Waals surface area (Å²) < 4.78 is 39.0. The Bertz CT molecular complexity index is 1320. The lowest BCUT2D eigenvalue weighted by atomic mass is 10.1. The Morgan fingerprint density at radius 2 is 1.76 bits per heavy atom. The number of aryl methyl sites for hydroxylation is 1. The van der Waals surface area contributed by atoms with E-state index in [2.05, 4.69) is 9.97 Å². The van der Waals surface area contributed by atoms with E-state index in [4.69, 9.17) is 14.5 Å². The summed E-state index contributed by atoms with van der Waals surface area (Å²) in [4.78, 5) is 14.9. The highest BCUT2D eigenvalue weighted by molar-refractivity contribution is 6.04. The quantitative estimate of drug-likeness (QED) is 0.422. The third-order valence-electron chi connectivity index (χ3n) is 5.77. The Morgan fingerprint density at radius 1 is 1.00 bits per heavy atom. The van der Waals surface area contributed by atoms with Crippen molar-refractivity contribution in [1.29, 1.82) is 0 Å². The van der Waals surface area contributed by atoms with Gasteiger partial charge in [0, 0.05) is 23.4 Å². The minimum Gasteiger partial charge on any atom is -0.454 e. The van der Waals surface area contributed by atoms with Crippen molar-refractivity contribution < 1.29 is 18.3 Å². The monoisotopic (exact) mass is 460 g/mol. The molecule has 2 aromatic heterocycles. The van der Waals surface area contributed by atoms with Crippen LogP contribution in [0.5, 0.6) is 11.5 Å². The molecule has 0 aliphatic carbocycles. The number of pyridine rings is 1. The first kappa shape index (κ1) is 22.1. The van der Waals surface area contributed by atoms with Gasteiger partial charge in [0.25, 0.3) is 0 Å². The highest BCUT2D eigenvalue weighted by atomic mass is 19.1. The Labute approximate surface area is 197 Å². The number of nitrogens with zero attached hydrogens (tertiary/aromatic N) is 3. The molecule has 0 fully saturated rings. The average Bonchev–Trinajstić information content (AvgIpc) is 3.45. The Balaban J connectivity index is 1.42. The fraction of sp³-hybridized carbons (Fsp3) is 0.200. The maximum absolute atomic E-state index is 14.0. The van der Waals surface area contributed by atoms with E-state index >= 15 is 0 Å². The lowest BCUT2D eigenvalue weighted by Crippen LogP contribution is -2.23. The molecule has 0 saturated carbocycles. The summed E-state index contributed by atoms with van der Waals surface area (Å²) in [5.41, 5.74) is 4.19. The largest absolute Gasteiger partial charge is 0.454 e. The van der Waals surface area contributed by atoms with Crippen molar-refractivity contribution >= 4 is 7.98 Å². The lowest BCUT2D eigenvalue weighted by Gasteiger charge is -2.16. The van der Waals surface area contributed by atoms with Crippen LogP contribution in [0.15, 0.2) is 54.6 Å². The molecule has 0 radical (unpaired) electrons. The summed E-state index contributed by atoms with van der Waals surface area (Å²) in [7, 11) is 1.89. The normalized spacial score (nSPS) is 12.5. The van der Waals surface area contributed by atoms with E-state index in [9.17, 15) is 8.78 Å². The summed E-state index contributed by atoms with van der Waals surface area (Å²) >= 11 is 0. The van der Waals surface area contributed by atoms with Crippen molar-refractivity contribution in [3.8, 4) is 34.1 Å². The van der Waals surface area contributed by atoms with E-state index in [1.807, 2.05) is 56.1 Å². The molecule has 0 bridgehead atoms. The molecule has 34 heavy (non-hydrogen) atoms. The van der Waals surface area contributed by atoms with Gasteiger partial charge in [-0.2, -0.15) is 0 Å². The van der Waals surface area contributed by atoms with Crippen LogP contribution in [0, 0.1) is 18.6 Å². The second-order valence-corrected chi connectivity index (χ2v) is 8.33. The SMILES string of the molecule is BN(CCc1c(F)cccc1F)Cc1nc(-c2cccc(C)n2)c(-c2ccc3c(c2)OCO3)[nH]1. The van der Waals surface area contributed by atoms with Crippen molar-refractivity contribution in [3.05, 3.63) is 83.3 Å². The molecule has 0 amide bonds.